The number of hydrogen-bond acceptors (Lipinski definition) is 1. The molecule has 0 fully saturated rings. The Morgan fingerprint density at radius 3 is 2.36 bits per heavy atom. The average molecular weight is 255 g/mol. The second-order valence-corrected chi connectivity index (χ2v) is 6.09. The van der Waals surface area contributed by atoms with Crippen LogP contribution in [0.4, 0.5) is 0 Å². The van der Waals surface area contributed by atoms with Crippen molar-refractivity contribution in [3.8, 4) is 0 Å². The van der Waals surface area contributed by atoms with Crippen molar-refractivity contribution in [2.75, 3.05) is 0 Å². The minimum atomic E-state index is -0.366. The van der Waals surface area contributed by atoms with Gasteiger partial charge < -0.3 is 0 Å². The van der Waals surface area contributed by atoms with Crippen molar-refractivity contribution in [3.63, 3.8) is 0 Å². The van der Waals surface area contributed by atoms with E-state index in [1.165, 1.54) is 4.46 Å². The average Bonchev–Trinajstić information content (AvgIpc) is 2.18. The first-order valence-electron chi connectivity index (χ1n) is 4.71. The van der Waals surface area contributed by atoms with Crippen molar-refractivity contribution in [1.29, 1.82) is 0 Å². The minimum absolute atomic E-state index is 0.185. The van der Waals surface area contributed by atoms with E-state index in [9.17, 15) is 5.11 Å². The van der Waals surface area contributed by atoms with E-state index >= 15 is 0 Å². The molecule has 0 radical (unpaired) electrons. The predicted molar refractivity (Wildman–Crippen MR) is 61.8 cm³/mol. The molecule has 0 aliphatic heterocycles. The van der Waals surface area contributed by atoms with Crippen molar-refractivity contribution in [2.45, 2.75) is 20.0 Å². The normalized spacial score (nSPS) is 12.9. The van der Waals surface area contributed by atoms with E-state index in [1.807, 2.05) is 32.0 Å². The maximum atomic E-state index is 9.77. The van der Waals surface area contributed by atoms with Crippen molar-refractivity contribution in [3.05, 3.63) is 41.4 Å². The Kier molecular flexibility index (Phi) is 4.40. The van der Waals surface area contributed by atoms with Crippen molar-refractivity contribution in [1.82, 2.24) is 0 Å². The molecule has 1 nitrogen and oxygen atoms in total. The van der Waals surface area contributed by atoms with Gasteiger partial charge in [-0.15, -0.1) is 0 Å². The fraction of sp³-hybridized carbons (Fsp3) is 0.333. The Balaban J connectivity index is 2.58. The van der Waals surface area contributed by atoms with Crippen molar-refractivity contribution in [2.24, 2.45) is 5.92 Å². The summed E-state index contributed by atoms with van der Waals surface area (Å²) in [5.74, 6) is 0.257. The molecule has 0 spiro atoms. The van der Waals surface area contributed by atoms with Gasteiger partial charge in [-0.3, -0.25) is 0 Å². The van der Waals surface area contributed by atoms with Crippen LogP contribution in [0.5, 0.6) is 0 Å². The van der Waals surface area contributed by atoms with Gasteiger partial charge in [0.25, 0.3) is 0 Å². The van der Waals surface area contributed by atoms with Crippen molar-refractivity contribution < 1.29 is 5.11 Å². The Morgan fingerprint density at radius 1 is 1.29 bits per heavy atom. The number of benzene rings is 1. The van der Waals surface area contributed by atoms with Gasteiger partial charge in [-0.1, -0.05) is 0 Å². The molecule has 0 heterocycles. The quantitative estimate of drug-likeness (QED) is 0.809. The third-order valence-electron chi connectivity index (χ3n) is 1.95. The maximum absolute atomic E-state index is 9.77. The van der Waals surface area contributed by atoms with E-state index in [0.717, 1.165) is 4.47 Å². The Bertz CT molecular complexity index is 292. The topological polar surface area (TPSA) is 20.2 Å². The monoisotopic (exact) mass is 256 g/mol. The summed E-state index contributed by atoms with van der Waals surface area (Å²) in [5, 5.41) is 9.77. The molecule has 1 unspecified atom stereocenters. The summed E-state index contributed by atoms with van der Waals surface area (Å²) in [6.07, 6.45) is -0.366. The van der Waals surface area contributed by atoms with Gasteiger partial charge in [-0.05, 0) is 0 Å². The Hall–Kier alpha value is -0.561. The number of hydrogen-bond donors (Lipinski definition) is 1. The van der Waals surface area contributed by atoms with Crippen LogP contribution in [0.2, 0.25) is 0 Å². The van der Waals surface area contributed by atoms with E-state index in [0.29, 0.717) is 0 Å². The summed E-state index contributed by atoms with van der Waals surface area (Å²) < 4.78 is 2.23. The van der Waals surface area contributed by atoms with E-state index in [1.54, 1.807) is 0 Å². The zero-order valence-corrected chi connectivity index (χ0v) is 10.3. The van der Waals surface area contributed by atoms with Gasteiger partial charge in [0.15, 0.2) is 0 Å². The molecule has 0 aromatic heterocycles. The van der Waals surface area contributed by atoms with Crippen LogP contribution in [0, 0.1) is 5.92 Å². The van der Waals surface area contributed by atoms with Gasteiger partial charge in [0, 0.05) is 0 Å². The Labute approximate surface area is 92.0 Å². The molecule has 1 atom stereocenters. The summed E-state index contributed by atoms with van der Waals surface area (Å²) >= 11 is 0.185. The van der Waals surface area contributed by atoms with Gasteiger partial charge in [-0.25, -0.2) is 0 Å². The summed E-state index contributed by atoms with van der Waals surface area (Å²) in [6, 6.07) is 10.2. The van der Waals surface area contributed by atoms with Gasteiger partial charge in [0.1, 0.15) is 0 Å². The third kappa shape index (κ3) is 3.30. The van der Waals surface area contributed by atoms with Gasteiger partial charge in [0.05, 0.1) is 0 Å². The second-order valence-electron chi connectivity index (χ2n) is 3.57. The summed E-state index contributed by atoms with van der Waals surface area (Å²) in [6.45, 7) is 7.97. The van der Waals surface area contributed by atoms with Crippen LogP contribution < -0.4 is 4.46 Å². The zero-order valence-electron chi connectivity index (χ0n) is 8.60. The first kappa shape index (κ1) is 11.5. The zero-order chi connectivity index (χ0) is 10.6. The van der Waals surface area contributed by atoms with E-state index < -0.39 is 0 Å². The molecule has 0 bridgehead atoms. The number of aliphatic hydroxyl groups excluding tert-OH is 1. The molecule has 0 saturated heterocycles. The summed E-state index contributed by atoms with van der Waals surface area (Å²) in [7, 11) is 0. The summed E-state index contributed by atoms with van der Waals surface area (Å²) in [5.41, 5.74) is 0. The van der Waals surface area contributed by atoms with Crippen LogP contribution in [0.3, 0.4) is 0 Å². The standard InChI is InChI=1S/C12H16OSe/c1-9(2)12(13)10(3)14-11-7-5-4-6-8-11/h4-9,12-13H,3H2,1-2H3. The molecule has 14 heavy (non-hydrogen) atoms. The molecule has 1 N–H and O–H groups in total. The molecule has 1 aromatic carbocycles. The first-order chi connectivity index (χ1) is 6.61. The number of aliphatic hydroxyl groups is 1. The van der Waals surface area contributed by atoms with E-state index in [4.69, 9.17) is 0 Å². The molecule has 2 heteroatoms. The third-order valence-corrected chi connectivity index (χ3v) is 4.08. The Morgan fingerprint density at radius 2 is 1.86 bits per heavy atom. The van der Waals surface area contributed by atoms with Crippen LogP contribution >= 0.6 is 0 Å². The van der Waals surface area contributed by atoms with E-state index in [2.05, 4.69) is 18.7 Å². The molecular formula is C12H16OSe. The fourth-order valence-electron chi connectivity index (χ4n) is 1.07. The fourth-order valence-corrected chi connectivity index (χ4v) is 3.15. The predicted octanol–water partition coefficient (Wildman–Crippen LogP) is 1.55. The van der Waals surface area contributed by atoms with Crippen LogP contribution in [0.25, 0.3) is 0 Å². The van der Waals surface area contributed by atoms with Gasteiger partial charge in [-0.2, -0.15) is 0 Å². The molecular weight excluding hydrogens is 239 g/mol. The molecule has 0 amide bonds. The molecule has 1 aromatic rings. The van der Waals surface area contributed by atoms with Crippen LogP contribution in [0.1, 0.15) is 13.8 Å². The second kappa shape index (κ2) is 5.35. The first-order valence-corrected chi connectivity index (χ1v) is 6.42. The van der Waals surface area contributed by atoms with Crippen molar-refractivity contribution >= 4 is 19.4 Å². The van der Waals surface area contributed by atoms with Crippen LogP contribution in [-0.2, 0) is 0 Å². The van der Waals surface area contributed by atoms with Crippen LogP contribution in [-0.4, -0.2) is 26.2 Å². The van der Waals surface area contributed by atoms with E-state index in [-0.39, 0.29) is 27.0 Å². The molecule has 0 aliphatic rings. The van der Waals surface area contributed by atoms with Gasteiger partial charge in [0.2, 0.25) is 0 Å². The SMILES string of the molecule is C=C([Se]c1ccccc1)C(O)C(C)C. The molecule has 0 aliphatic carbocycles. The number of rotatable bonds is 4. The van der Waals surface area contributed by atoms with Crippen LogP contribution in [0.15, 0.2) is 41.4 Å². The summed E-state index contributed by atoms with van der Waals surface area (Å²) in [4.78, 5) is 0. The van der Waals surface area contributed by atoms with Gasteiger partial charge >= 0.3 is 91.8 Å². The molecule has 76 valence electrons. The molecule has 0 saturated carbocycles. The molecule has 1 rings (SSSR count).